The fourth-order valence-corrected chi connectivity index (χ4v) is 1.69. The normalized spacial score (nSPS) is 10.3. The van der Waals surface area contributed by atoms with Gasteiger partial charge in [-0.05, 0) is 12.1 Å². The first-order valence-corrected chi connectivity index (χ1v) is 5.13. The van der Waals surface area contributed by atoms with Gasteiger partial charge in [0, 0.05) is 0 Å². The molecule has 0 radical (unpaired) electrons. The van der Waals surface area contributed by atoms with Gasteiger partial charge in [-0.25, -0.2) is 0 Å². The molecule has 1 rings (SSSR count). The quantitative estimate of drug-likeness (QED) is 0.610. The van der Waals surface area contributed by atoms with Crippen LogP contribution in [-0.2, 0) is 14.3 Å². The molecule has 72 valence electrons. The monoisotopic (exact) mass is 284 g/mol. The zero-order chi connectivity index (χ0) is 9.73. The van der Waals surface area contributed by atoms with E-state index in [0.29, 0.717) is 0 Å². The molecule has 0 aliphatic rings. The van der Waals surface area contributed by atoms with Crippen LogP contribution < -0.4 is 0 Å². The molecule has 0 amide bonds. The summed E-state index contributed by atoms with van der Waals surface area (Å²) in [6, 6.07) is 8.00. The molecule has 0 saturated heterocycles. The van der Waals surface area contributed by atoms with E-state index in [2.05, 4.69) is 10.8 Å². The zero-order valence-electron chi connectivity index (χ0n) is 7.01. The molecule has 14 heavy (non-hydrogen) atoms. The van der Waals surface area contributed by atoms with Crippen LogP contribution in [-0.4, -0.2) is 73.2 Å². The molecule has 0 aliphatic heterocycles. The van der Waals surface area contributed by atoms with E-state index >= 15 is 0 Å². The van der Waals surface area contributed by atoms with Crippen LogP contribution in [0.2, 0.25) is 0 Å². The van der Waals surface area contributed by atoms with Gasteiger partial charge in [-0.1, -0.05) is 24.3 Å². The van der Waals surface area contributed by atoms with Crippen molar-refractivity contribution in [3.8, 4) is 0 Å². The summed E-state index contributed by atoms with van der Waals surface area (Å²) in [5.41, 5.74) is 0. The molecule has 0 aliphatic carbocycles. The van der Waals surface area contributed by atoms with Crippen molar-refractivity contribution in [3.63, 3.8) is 0 Å². The molecular weight excluding hydrogens is 274 g/mol. The SMILES string of the molecule is C=CCOS(=O)(=O)c1ccccc1.[RbH]. The maximum absolute atomic E-state index is 11.3. The van der Waals surface area contributed by atoms with Crippen LogP contribution in [0.4, 0.5) is 0 Å². The van der Waals surface area contributed by atoms with Crippen LogP contribution in [0.15, 0.2) is 47.9 Å². The summed E-state index contributed by atoms with van der Waals surface area (Å²) >= 11 is 0. The van der Waals surface area contributed by atoms with Crippen molar-refractivity contribution in [2.45, 2.75) is 4.90 Å². The van der Waals surface area contributed by atoms with Gasteiger partial charge in [-0.15, -0.1) is 6.58 Å². The Hall–Kier alpha value is 0.675. The first-order chi connectivity index (χ1) is 6.17. The Balaban J connectivity index is 0.00000169. The van der Waals surface area contributed by atoms with Crippen LogP contribution in [0.25, 0.3) is 0 Å². The van der Waals surface area contributed by atoms with Crippen molar-refractivity contribution in [3.05, 3.63) is 43.0 Å². The number of benzene rings is 1. The summed E-state index contributed by atoms with van der Waals surface area (Å²) in [6.45, 7) is 3.37. The Morgan fingerprint density at radius 3 is 2.36 bits per heavy atom. The minimum atomic E-state index is -3.59. The topological polar surface area (TPSA) is 43.4 Å². The Kier molecular flexibility index (Phi) is 7.37. The Morgan fingerprint density at radius 1 is 1.29 bits per heavy atom. The summed E-state index contributed by atoms with van der Waals surface area (Å²) in [5, 5.41) is 0. The first kappa shape index (κ1) is 14.7. The van der Waals surface area contributed by atoms with E-state index in [1.807, 2.05) is 0 Å². The first-order valence-electron chi connectivity index (χ1n) is 3.72. The van der Waals surface area contributed by atoms with Crippen molar-refractivity contribution in [1.29, 1.82) is 0 Å². The molecule has 0 N–H and O–H groups in total. The van der Waals surface area contributed by atoms with Gasteiger partial charge in [-0.3, -0.25) is 4.18 Å². The van der Waals surface area contributed by atoms with Gasteiger partial charge in [0.1, 0.15) is 0 Å². The molecule has 0 unspecified atom stereocenters. The van der Waals surface area contributed by atoms with Crippen LogP contribution in [0, 0.1) is 0 Å². The summed E-state index contributed by atoms with van der Waals surface area (Å²) in [4.78, 5) is 0.164. The van der Waals surface area contributed by atoms with E-state index in [1.165, 1.54) is 18.2 Å². The molecule has 0 saturated carbocycles. The molecule has 0 heterocycles. The second-order valence-corrected chi connectivity index (χ2v) is 3.96. The number of hydrogen-bond donors (Lipinski definition) is 0. The standard InChI is InChI=1S/C9H10O3S.Rb.H/c1-2-8-12-13(10,11)9-6-4-3-5-7-9;;/h2-7H,1,8H2;;. The number of hydrogen-bond acceptors (Lipinski definition) is 3. The van der Waals surface area contributed by atoms with Gasteiger partial charge in [0.05, 0.1) is 11.5 Å². The molecule has 1 aromatic rings. The molecule has 1 aromatic carbocycles. The summed E-state index contributed by atoms with van der Waals surface area (Å²) in [5.74, 6) is 0. The van der Waals surface area contributed by atoms with Crippen LogP contribution in [0.5, 0.6) is 0 Å². The van der Waals surface area contributed by atoms with Gasteiger partial charge in [-0.2, -0.15) is 8.42 Å². The number of rotatable bonds is 4. The van der Waals surface area contributed by atoms with Gasteiger partial charge < -0.3 is 0 Å². The van der Waals surface area contributed by atoms with E-state index in [-0.39, 0.29) is 69.7 Å². The molecule has 0 fully saturated rings. The molecule has 0 aromatic heterocycles. The molecule has 5 heteroatoms. The average molecular weight is 285 g/mol. The molecular formula is C9H11O3RbS. The van der Waals surface area contributed by atoms with Gasteiger partial charge in [0.2, 0.25) is 0 Å². The van der Waals surface area contributed by atoms with Gasteiger partial charge in [0.15, 0.2) is 0 Å². The molecule has 0 bridgehead atoms. The van der Waals surface area contributed by atoms with E-state index < -0.39 is 10.1 Å². The van der Waals surface area contributed by atoms with Gasteiger partial charge >= 0.3 is 58.2 Å². The Bertz CT molecular complexity index is 372. The fourth-order valence-electron chi connectivity index (χ4n) is 0.793. The summed E-state index contributed by atoms with van der Waals surface area (Å²) in [6.07, 6.45) is 1.39. The van der Waals surface area contributed by atoms with E-state index in [0.717, 1.165) is 0 Å². The Labute approximate surface area is 133 Å². The third-order valence-corrected chi connectivity index (χ3v) is 2.67. The minimum absolute atomic E-state index is 0. The molecule has 3 nitrogen and oxygen atoms in total. The predicted molar refractivity (Wildman–Crippen MR) is 56.9 cm³/mol. The second-order valence-electron chi connectivity index (χ2n) is 2.34. The zero-order valence-corrected chi connectivity index (χ0v) is 7.83. The van der Waals surface area contributed by atoms with E-state index in [4.69, 9.17) is 0 Å². The third kappa shape index (κ3) is 4.46. The summed E-state index contributed by atoms with van der Waals surface area (Å²) < 4.78 is 27.3. The second kappa shape index (κ2) is 7.03. The van der Waals surface area contributed by atoms with E-state index in [9.17, 15) is 8.42 Å². The fraction of sp³-hybridized carbons (Fsp3) is 0.111. The van der Waals surface area contributed by atoms with Crippen LogP contribution in [0.3, 0.4) is 0 Å². The summed E-state index contributed by atoms with van der Waals surface area (Å²) in [7, 11) is -3.59. The molecule has 0 spiro atoms. The van der Waals surface area contributed by atoms with Gasteiger partial charge in [0.25, 0.3) is 10.1 Å². The van der Waals surface area contributed by atoms with Crippen LogP contribution >= 0.6 is 0 Å². The predicted octanol–water partition coefficient (Wildman–Crippen LogP) is 0.929. The Morgan fingerprint density at radius 2 is 1.86 bits per heavy atom. The third-order valence-electron chi connectivity index (χ3n) is 1.37. The van der Waals surface area contributed by atoms with Crippen molar-refractivity contribution in [1.82, 2.24) is 0 Å². The van der Waals surface area contributed by atoms with Crippen molar-refractivity contribution >= 4 is 68.3 Å². The van der Waals surface area contributed by atoms with Crippen molar-refractivity contribution in [2.24, 2.45) is 0 Å². The molecule has 0 atom stereocenters. The maximum atomic E-state index is 11.3. The van der Waals surface area contributed by atoms with Crippen LogP contribution in [0.1, 0.15) is 0 Å². The van der Waals surface area contributed by atoms with E-state index in [1.54, 1.807) is 18.2 Å². The average Bonchev–Trinajstić information content (AvgIpc) is 2.16. The van der Waals surface area contributed by atoms with Crippen molar-refractivity contribution < 1.29 is 12.6 Å². The van der Waals surface area contributed by atoms with Crippen molar-refractivity contribution in [2.75, 3.05) is 6.61 Å².